The Morgan fingerprint density at radius 3 is 2.48 bits per heavy atom. The normalized spacial score (nSPS) is 11.4. The van der Waals surface area contributed by atoms with Gasteiger partial charge in [0.15, 0.2) is 9.84 Å². The van der Waals surface area contributed by atoms with Gasteiger partial charge >= 0.3 is 0 Å². The molecule has 2 aromatic rings. The molecule has 2 rings (SSSR count). The number of benzene rings is 1. The van der Waals surface area contributed by atoms with E-state index in [4.69, 9.17) is 23.2 Å². The van der Waals surface area contributed by atoms with E-state index in [0.29, 0.717) is 28.8 Å². The van der Waals surface area contributed by atoms with Crippen molar-refractivity contribution in [3.63, 3.8) is 0 Å². The minimum atomic E-state index is -3.31. The molecule has 0 radical (unpaired) electrons. The monoisotopic (exact) mass is 344 g/mol. The zero-order valence-corrected chi connectivity index (χ0v) is 13.6. The predicted molar refractivity (Wildman–Crippen MR) is 86.0 cm³/mol. The molecular formula is C14H14Cl2N2O2S. The lowest BCUT2D eigenvalue weighted by molar-refractivity contribution is 0.602. The topological polar surface area (TPSA) is 59.1 Å². The molecule has 1 aromatic heterocycles. The Labute approximate surface area is 134 Å². The van der Waals surface area contributed by atoms with Crippen molar-refractivity contribution in [1.82, 2.24) is 4.98 Å². The molecule has 0 saturated heterocycles. The molecule has 0 spiro atoms. The van der Waals surface area contributed by atoms with Gasteiger partial charge in [-0.05, 0) is 42.3 Å². The lowest BCUT2D eigenvalue weighted by Crippen LogP contribution is -2.10. The van der Waals surface area contributed by atoms with Crippen molar-refractivity contribution in [2.24, 2.45) is 0 Å². The molecular weight excluding hydrogens is 331 g/mol. The summed E-state index contributed by atoms with van der Waals surface area (Å²) < 4.78 is 23.3. The molecule has 0 atom stereocenters. The largest absolute Gasteiger partial charge is 0.369 e. The zero-order valence-electron chi connectivity index (χ0n) is 11.3. The summed E-state index contributed by atoms with van der Waals surface area (Å²) >= 11 is 11.9. The summed E-state index contributed by atoms with van der Waals surface area (Å²) in [6, 6.07) is 8.44. The Hall–Kier alpha value is -1.30. The first-order valence-corrected chi connectivity index (χ1v) is 8.85. The first kappa shape index (κ1) is 16.1. The Morgan fingerprint density at radius 1 is 1.19 bits per heavy atom. The van der Waals surface area contributed by atoms with Crippen molar-refractivity contribution in [3.8, 4) is 0 Å². The van der Waals surface area contributed by atoms with E-state index in [1.807, 2.05) is 12.1 Å². The highest BCUT2D eigenvalue weighted by atomic mass is 35.5. The zero-order chi connectivity index (χ0) is 15.5. The Bertz CT molecular complexity index is 728. The molecule has 1 heterocycles. The molecule has 0 saturated carbocycles. The lowest BCUT2D eigenvalue weighted by atomic mass is 10.1. The molecule has 0 unspecified atom stereocenters. The van der Waals surface area contributed by atoms with E-state index in [2.05, 4.69) is 10.3 Å². The van der Waals surface area contributed by atoms with E-state index in [-0.39, 0.29) is 4.90 Å². The van der Waals surface area contributed by atoms with E-state index >= 15 is 0 Å². The third-order valence-corrected chi connectivity index (χ3v) is 4.36. The SMILES string of the molecule is CS(=O)(=O)c1cccnc1NCCc1cc(Cl)cc(Cl)c1. The first-order chi connectivity index (χ1) is 9.86. The fourth-order valence-corrected chi connectivity index (χ4v) is 3.28. The maximum Gasteiger partial charge on any atom is 0.179 e. The van der Waals surface area contributed by atoms with Crippen LogP contribution in [-0.4, -0.2) is 26.2 Å². The Morgan fingerprint density at radius 2 is 1.86 bits per heavy atom. The van der Waals surface area contributed by atoms with Gasteiger partial charge < -0.3 is 5.32 Å². The van der Waals surface area contributed by atoms with E-state index < -0.39 is 9.84 Å². The quantitative estimate of drug-likeness (QED) is 0.902. The van der Waals surface area contributed by atoms with Gasteiger partial charge in [-0.15, -0.1) is 0 Å². The van der Waals surface area contributed by atoms with Crippen LogP contribution in [0.5, 0.6) is 0 Å². The molecule has 1 aromatic carbocycles. The lowest BCUT2D eigenvalue weighted by Gasteiger charge is -2.09. The van der Waals surface area contributed by atoms with Gasteiger partial charge in [-0.25, -0.2) is 13.4 Å². The number of rotatable bonds is 5. The van der Waals surface area contributed by atoms with E-state index in [9.17, 15) is 8.42 Å². The van der Waals surface area contributed by atoms with Gasteiger partial charge in [-0.3, -0.25) is 0 Å². The number of hydrogen-bond donors (Lipinski definition) is 1. The average molecular weight is 345 g/mol. The van der Waals surface area contributed by atoms with Gasteiger partial charge in [0.1, 0.15) is 10.7 Å². The van der Waals surface area contributed by atoms with Crippen LogP contribution in [-0.2, 0) is 16.3 Å². The van der Waals surface area contributed by atoms with Crippen LogP contribution in [0.3, 0.4) is 0 Å². The van der Waals surface area contributed by atoms with Crippen molar-refractivity contribution >= 4 is 38.9 Å². The van der Waals surface area contributed by atoms with Crippen molar-refractivity contribution in [1.29, 1.82) is 0 Å². The number of halogens is 2. The van der Waals surface area contributed by atoms with Gasteiger partial charge in [-0.2, -0.15) is 0 Å². The van der Waals surface area contributed by atoms with E-state index in [0.717, 1.165) is 11.8 Å². The molecule has 0 aliphatic carbocycles. The number of nitrogens with one attached hydrogen (secondary N) is 1. The van der Waals surface area contributed by atoms with Crippen molar-refractivity contribution in [2.45, 2.75) is 11.3 Å². The molecule has 1 N–H and O–H groups in total. The van der Waals surface area contributed by atoms with E-state index in [1.54, 1.807) is 18.3 Å². The van der Waals surface area contributed by atoms with Gasteiger partial charge in [0, 0.05) is 29.0 Å². The summed E-state index contributed by atoms with van der Waals surface area (Å²) in [5.74, 6) is 0.355. The molecule has 0 bridgehead atoms. The molecule has 0 aliphatic rings. The first-order valence-electron chi connectivity index (χ1n) is 6.20. The van der Waals surface area contributed by atoms with Crippen molar-refractivity contribution in [3.05, 3.63) is 52.1 Å². The highest BCUT2D eigenvalue weighted by Crippen LogP contribution is 2.20. The van der Waals surface area contributed by atoms with Gasteiger partial charge in [0.25, 0.3) is 0 Å². The van der Waals surface area contributed by atoms with Crippen LogP contribution in [0, 0.1) is 0 Å². The van der Waals surface area contributed by atoms with Crippen LogP contribution in [0.25, 0.3) is 0 Å². The molecule has 0 aliphatic heterocycles. The second kappa shape index (κ2) is 6.64. The molecule has 0 amide bonds. The van der Waals surface area contributed by atoms with Crippen LogP contribution in [0.15, 0.2) is 41.4 Å². The van der Waals surface area contributed by atoms with Crippen molar-refractivity contribution < 1.29 is 8.42 Å². The maximum absolute atomic E-state index is 11.7. The number of sulfone groups is 1. The third-order valence-electron chi connectivity index (χ3n) is 2.80. The average Bonchev–Trinajstić information content (AvgIpc) is 2.37. The van der Waals surface area contributed by atoms with Crippen LogP contribution >= 0.6 is 23.2 Å². The number of hydrogen-bond acceptors (Lipinski definition) is 4. The summed E-state index contributed by atoms with van der Waals surface area (Å²) in [6.45, 7) is 0.524. The summed E-state index contributed by atoms with van der Waals surface area (Å²) in [6.07, 6.45) is 3.36. The number of anilines is 1. The van der Waals surface area contributed by atoms with Gasteiger partial charge in [0.2, 0.25) is 0 Å². The molecule has 7 heteroatoms. The summed E-state index contributed by atoms with van der Waals surface area (Å²) in [7, 11) is -3.31. The fraction of sp³-hybridized carbons (Fsp3) is 0.214. The van der Waals surface area contributed by atoms with Crippen LogP contribution in [0.1, 0.15) is 5.56 Å². The molecule has 0 fully saturated rings. The second-order valence-corrected chi connectivity index (χ2v) is 7.43. The maximum atomic E-state index is 11.7. The number of nitrogens with zero attached hydrogens (tertiary/aromatic N) is 1. The molecule has 4 nitrogen and oxygen atoms in total. The number of aromatic nitrogens is 1. The number of pyridine rings is 1. The second-order valence-electron chi connectivity index (χ2n) is 4.58. The van der Waals surface area contributed by atoms with Crippen LogP contribution < -0.4 is 5.32 Å². The summed E-state index contributed by atoms with van der Waals surface area (Å²) in [5.41, 5.74) is 0.969. The van der Waals surface area contributed by atoms with Crippen molar-refractivity contribution in [2.75, 3.05) is 18.1 Å². The van der Waals surface area contributed by atoms with Crippen LogP contribution in [0.2, 0.25) is 10.0 Å². The van der Waals surface area contributed by atoms with Crippen LogP contribution in [0.4, 0.5) is 5.82 Å². The smallest absolute Gasteiger partial charge is 0.179 e. The highest BCUT2D eigenvalue weighted by molar-refractivity contribution is 7.90. The summed E-state index contributed by atoms with van der Waals surface area (Å²) in [4.78, 5) is 4.26. The Kier molecular flexibility index (Phi) is 5.08. The minimum absolute atomic E-state index is 0.189. The standard InChI is InChI=1S/C14H14Cl2N2O2S/c1-21(19,20)13-3-2-5-17-14(13)18-6-4-10-7-11(15)9-12(16)8-10/h2-3,5,7-9H,4,6H2,1H3,(H,17,18). The molecule has 21 heavy (non-hydrogen) atoms. The van der Waals surface area contributed by atoms with Gasteiger partial charge in [-0.1, -0.05) is 23.2 Å². The Balaban J connectivity index is 2.07. The highest BCUT2D eigenvalue weighted by Gasteiger charge is 2.13. The predicted octanol–water partition coefficient (Wildman–Crippen LogP) is 3.45. The fourth-order valence-electron chi connectivity index (χ4n) is 1.90. The minimum Gasteiger partial charge on any atom is -0.369 e. The third kappa shape index (κ3) is 4.59. The molecule has 112 valence electrons. The van der Waals surface area contributed by atoms with E-state index in [1.165, 1.54) is 6.07 Å². The summed E-state index contributed by atoms with van der Waals surface area (Å²) in [5, 5.41) is 4.18. The van der Waals surface area contributed by atoms with Gasteiger partial charge in [0.05, 0.1) is 0 Å².